The number of aromatic nitrogens is 1. The minimum absolute atomic E-state index is 0. The summed E-state index contributed by atoms with van der Waals surface area (Å²) in [4.78, 5) is 28.0. The predicted molar refractivity (Wildman–Crippen MR) is 124 cm³/mol. The number of nitrogens with two attached hydrogens (primary N) is 1. The summed E-state index contributed by atoms with van der Waals surface area (Å²) in [6.45, 7) is 2.63. The van der Waals surface area contributed by atoms with Gasteiger partial charge in [0, 0.05) is 25.7 Å². The van der Waals surface area contributed by atoms with Crippen molar-refractivity contribution in [3.05, 3.63) is 47.8 Å². The Bertz CT molecular complexity index is 819. The number of carbonyl (C=O) groups excluding carboxylic acids is 2. The fraction of sp³-hybridized carbons (Fsp3) is 0.381. The molecule has 166 valence electrons. The smallest absolute Gasteiger partial charge is 0.269 e. The highest BCUT2D eigenvalue weighted by Crippen LogP contribution is 2.31. The topological polar surface area (TPSA) is 106 Å². The Morgan fingerprint density at radius 3 is 2.50 bits per heavy atom. The molecule has 30 heavy (non-hydrogen) atoms. The number of nitrogens with zero attached hydrogens (tertiary/aromatic N) is 1. The number of amides is 2. The van der Waals surface area contributed by atoms with Crippen LogP contribution in [0.25, 0.3) is 0 Å². The molecule has 2 aromatic rings. The number of anilines is 1. The van der Waals surface area contributed by atoms with Crippen molar-refractivity contribution in [3.8, 4) is 11.5 Å². The maximum Gasteiger partial charge on any atom is 0.269 e. The molecular formula is C21H30Cl2N4O3. The lowest BCUT2D eigenvalue weighted by molar-refractivity contribution is -0.116. The van der Waals surface area contributed by atoms with Crippen LogP contribution in [0.5, 0.6) is 11.5 Å². The van der Waals surface area contributed by atoms with E-state index in [1.54, 1.807) is 19.2 Å². The molecule has 9 heteroatoms. The third-order valence-electron chi connectivity index (χ3n) is 4.19. The van der Waals surface area contributed by atoms with Crippen LogP contribution >= 0.6 is 24.8 Å². The van der Waals surface area contributed by atoms with Gasteiger partial charge in [0.25, 0.3) is 5.91 Å². The second-order valence-corrected chi connectivity index (χ2v) is 6.56. The largest absolute Gasteiger partial charge is 0.455 e. The Labute approximate surface area is 190 Å². The van der Waals surface area contributed by atoms with Crippen molar-refractivity contribution >= 4 is 42.3 Å². The lowest BCUT2D eigenvalue weighted by Crippen LogP contribution is -2.19. The van der Waals surface area contributed by atoms with E-state index in [0.29, 0.717) is 30.2 Å². The van der Waals surface area contributed by atoms with Crippen molar-refractivity contribution in [2.75, 3.05) is 18.9 Å². The first kappa shape index (κ1) is 27.6. The number of rotatable bonds is 10. The summed E-state index contributed by atoms with van der Waals surface area (Å²) in [5.74, 6) is 0.641. The molecule has 0 aliphatic carbocycles. The van der Waals surface area contributed by atoms with Crippen LogP contribution in [-0.4, -0.2) is 30.4 Å². The molecule has 0 saturated carbocycles. The average Bonchev–Trinajstić information content (AvgIpc) is 2.69. The summed E-state index contributed by atoms with van der Waals surface area (Å²) in [7, 11) is 1.54. The maximum absolute atomic E-state index is 12.3. The molecule has 0 spiro atoms. The zero-order valence-corrected chi connectivity index (χ0v) is 18.9. The number of nitrogens with one attached hydrogen (secondary N) is 2. The number of unbranched alkanes of at least 4 members (excludes halogenated alkanes) is 3. The molecule has 0 aliphatic rings. The lowest BCUT2D eigenvalue weighted by atomic mass is 10.1. The molecule has 2 amide bonds. The van der Waals surface area contributed by atoms with E-state index in [1.807, 2.05) is 25.1 Å². The second-order valence-electron chi connectivity index (χ2n) is 6.56. The summed E-state index contributed by atoms with van der Waals surface area (Å²) in [5, 5.41) is 5.44. The highest BCUT2D eigenvalue weighted by molar-refractivity contribution is 5.93. The SMILES string of the molecule is CNC(=O)c1cc(Oc2cc(C)ccc2NC(=O)CCCCCCN)ccn1.Cl.Cl. The van der Waals surface area contributed by atoms with Gasteiger partial charge >= 0.3 is 0 Å². The van der Waals surface area contributed by atoms with E-state index in [-0.39, 0.29) is 42.3 Å². The first-order valence-electron chi connectivity index (χ1n) is 9.50. The summed E-state index contributed by atoms with van der Waals surface area (Å²) in [5.41, 5.74) is 7.33. The molecule has 4 N–H and O–H groups in total. The number of hydrogen-bond acceptors (Lipinski definition) is 5. The molecule has 1 aromatic heterocycles. The molecule has 0 radical (unpaired) electrons. The molecule has 2 rings (SSSR count). The zero-order chi connectivity index (χ0) is 20.4. The van der Waals surface area contributed by atoms with Gasteiger partial charge in [0.15, 0.2) is 5.75 Å². The van der Waals surface area contributed by atoms with Crippen LogP contribution in [-0.2, 0) is 4.79 Å². The normalized spacial score (nSPS) is 9.70. The van der Waals surface area contributed by atoms with Gasteiger partial charge in [-0.05, 0) is 50.1 Å². The Hall–Kier alpha value is -2.35. The van der Waals surface area contributed by atoms with E-state index in [0.717, 1.165) is 31.2 Å². The minimum Gasteiger partial charge on any atom is -0.455 e. The first-order valence-corrected chi connectivity index (χ1v) is 9.50. The van der Waals surface area contributed by atoms with Gasteiger partial charge in [-0.15, -0.1) is 24.8 Å². The molecule has 1 aromatic carbocycles. The quantitative estimate of drug-likeness (QED) is 0.463. The van der Waals surface area contributed by atoms with Gasteiger partial charge in [-0.25, -0.2) is 0 Å². The molecule has 0 fully saturated rings. The fourth-order valence-electron chi connectivity index (χ4n) is 2.67. The number of pyridine rings is 1. The van der Waals surface area contributed by atoms with E-state index >= 15 is 0 Å². The molecular weight excluding hydrogens is 427 g/mol. The number of benzene rings is 1. The Kier molecular flexibility index (Phi) is 13.5. The molecule has 0 bridgehead atoms. The molecule has 0 saturated heterocycles. The van der Waals surface area contributed by atoms with Crippen molar-refractivity contribution in [2.24, 2.45) is 5.73 Å². The lowest BCUT2D eigenvalue weighted by Gasteiger charge is -2.13. The molecule has 0 aliphatic heterocycles. The zero-order valence-electron chi connectivity index (χ0n) is 17.3. The number of halogens is 2. The second kappa shape index (κ2) is 14.6. The molecule has 1 heterocycles. The van der Waals surface area contributed by atoms with Crippen LogP contribution in [0.4, 0.5) is 5.69 Å². The molecule has 0 unspecified atom stereocenters. The maximum atomic E-state index is 12.3. The summed E-state index contributed by atoms with van der Waals surface area (Å²) >= 11 is 0. The van der Waals surface area contributed by atoms with Gasteiger partial charge in [0.1, 0.15) is 11.4 Å². The Balaban J connectivity index is 0.00000420. The first-order chi connectivity index (χ1) is 13.5. The van der Waals surface area contributed by atoms with Crippen molar-refractivity contribution in [1.82, 2.24) is 10.3 Å². The van der Waals surface area contributed by atoms with Crippen molar-refractivity contribution in [3.63, 3.8) is 0 Å². The van der Waals surface area contributed by atoms with Gasteiger partial charge in [0.2, 0.25) is 5.91 Å². The van der Waals surface area contributed by atoms with Crippen LogP contribution in [0.15, 0.2) is 36.5 Å². The van der Waals surface area contributed by atoms with E-state index in [4.69, 9.17) is 10.5 Å². The molecule has 0 atom stereocenters. The average molecular weight is 457 g/mol. The number of aryl methyl sites for hydroxylation is 1. The number of hydrogen-bond donors (Lipinski definition) is 3. The summed E-state index contributed by atoms with van der Waals surface area (Å²) in [6.07, 6.45) is 5.80. The van der Waals surface area contributed by atoms with E-state index in [2.05, 4.69) is 15.6 Å². The van der Waals surface area contributed by atoms with Gasteiger partial charge < -0.3 is 21.1 Å². The van der Waals surface area contributed by atoms with Gasteiger partial charge in [-0.3, -0.25) is 14.6 Å². The third kappa shape index (κ3) is 8.98. The van der Waals surface area contributed by atoms with Crippen molar-refractivity contribution < 1.29 is 14.3 Å². The fourth-order valence-corrected chi connectivity index (χ4v) is 2.67. The predicted octanol–water partition coefficient (Wildman–Crippen LogP) is 4.23. The van der Waals surface area contributed by atoms with Crippen molar-refractivity contribution in [1.29, 1.82) is 0 Å². The van der Waals surface area contributed by atoms with E-state index in [9.17, 15) is 9.59 Å². The Morgan fingerprint density at radius 2 is 1.80 bits per heavy atom. The number of ether oxygens (including phenoxy) is 1. The van der Waals surface area contributed by atoms with Crippen LogP contribution in [0.1, 0.15) is 48.2 Å². The standard InChI is InChI=1S/C21H28N4O3.2ClH/c1-15-8-9-17(25-20(26)7-5-3-4-6-11-22)19(13-15)28-16-10-12-24-18(14-16)21(27)23-2;;/h8-10,12-14H,3-7,11,22H2,1-2H3,(H,23,27)(H,25,26);2*1H. The van der Waals surface area contributed by atoms with Crippen LogP contribution < -0.4 is 21.1 Å². The number of carbonyl (C=O) groups is 2. The summed E-state index contributed by atoms with van der Waals surface area (Å²) < 4.78 is 5.94. The molecule has 7 nitrogen and oxygen atoms in total. The summed E-state index contributed by atoms with van der Waals surface area (Å²) in [6, 6.07) is 8.79. The van der Waals surface area contributed by atoms with E-state index in [1.165, 1.54) is 6.20 Å². The highest BCUT2D eigenvalue weighted by Gasteiger charge is 2.11. The Morgan fingerprint density at radius 1 is 1.07 bits per heavy atom. The van der Waals surface area contributed by atoms with Gasteiger partial charge in [0.05, 0.1) is 5.69 Å². The third-order valence-corrected chi connectivity index (χ3v) is 4.19. The van der Waals surface area contributed by atoms with Crippen molar-refractivity contribution in [2.45, 2.75) is 39.0 Å². The van der Waals surface area contributed by atoms with E-state index < -0.39 is 0 Å². The van der Waals surface area contributed by atoms with Crippen LogP contribution in [0.2, 0.25) is 0 Å². The monoisotopic (exact) mass is 456 g/mol. The van der Waals surface area contributed by atoms with Crippen LogP contribution in [0.3, 0.4) is 0 Å². The van der Waals surface area contributed by atoms with Gasteiger partial charge in [-0.1, -0.05) is 18.9 Å². The van der Waals surface area contributed by atoms with Crippen LogP contribution in [0, 0.1) is 6.92 Å². The van der Waals surface area contributed by atoms with Gasteiger partial charge in [-0.2, -0.15) is 0 Å². The minimum atomic E-state index is -0.294. The highest BCUT2D eigenvalue weighted by atomic mass is 35.5.